The Morgan fingerprint density at radius 3 is 2.50 bits per heavy atom. The molecule has 0 aliphatic carbocycles. The number of hydrogen-bond acceptors (Lipinski definition) is 4. The molecule has 0 saturated carbocycles. The van der Waals surface area contributed by atoms with Crippen molar-refractivity contribution < 1.29 is 13.2 Å². The van der Waals surface area contributed by atoms with Crippen LogP contribution in [0.25, 0.3) is 0 Å². The second-order valence-electron chi connectivity index (χ2n) is 6.72. The number of nitrogens with one attached hydrogen (secondary N) is 2. The van der Waals surface area contributed by atoms with E-state index in [2.05, 4.69) is 28.8 Å². The lowest BCUT2D eigenvalue weighted by molar-refractivity contribution is -0.127. The number of amides is 1. The molecule has 1 heterocycles. The molecule has 1 amide bonds. The Labute approximate surface area is 144 Å². The van der Waals surface area contributed by atoms with Crippen LogP contribution in [0.4, 0.5) is 5.69 Å². The van der Waals surface area contributed by atoms with Crippen LogP contribution in [-0.4, -0.2) is 44.6 Å². The van der Waals surface area contributed by atoms with Crippen molar-refractivity contribution in [2.45, 2.75) is 39.3 Å². The number of benzene rings is 1. The molecule has 0 spiro atoms. The molecule has 6 nitrogen and oxygen atoms in total. The van der Waals surface area contributed by atoms with Crippen molar-refractivity contribution in [2.24, 2.45) is 5.92 Å². The van der Waals surface area contributed by atoms with Crippen LogP contribution in [0.3, 0.4) is 0 Å². The summed E-state index contributed by atoms with van der Waals surface area (Å²) in [5.41, 5.74) is 1.37. The highest BCUT2D eigenvalue weighted by molar-refractivity contribution is 7.92. The lowest BCUT2D eigenvalue weighted by Gasteiger charge is -2.29. The predicted molar refractivity (Wildman–Crippen MR) is 96.2 cm³/mol. The summed E-state index contributed by atoms with van der Waals surface area (Å²) in [5.74, 6) is 0.287. The second-order valence-corrected chi connectivity index (χ2v) is 8.47. The van der Waals surface area contributed by atoms with E-state index < -0.39 is 10.0 Å². The van der Waals surface area contributed by atoms with Gasteiger partial charge in [-0.3, -0.25) is 14.4 Å². The quantitative estimate of drug-likeness (QED) is 0.783. The van der Waals surface area contributed by atoms with Crippen molar-refractivity contribution in [3.63, 3.8) is 0 Å². The molecule has 0 bridgehead atoms. The van der Waals surface area contributed by atoms with Crippen LogP contribution >= 0.6 is 0 Å². The molecule has 1 aromatic rings. The van der Waals surface area contributed by atoms with Crippen molar-refractivity contribution in [3.05, 3.63) is 29.8 Å². The minimum atomic E-state index is -3.30. The first kappa shape index (κ1) is 18.7. The highest BCUT2D eigenvalue weighted by atomic mass is 32.2. The fourth-order valence-electron chi connectivity index (χ4n) is 3.16. The van der Waals surface area contributed by atoms with Gasteiger partial charge in [0.2, 0.25) is 15.9 Å². The smallest absolute Gasteiger partial charge is 0.237 e. The number of rotatable bonds is 7. The maximum atomic E-state index is 12.6. The zero-order valence-electron chi connectivity index (χ0n) is 14.6. The van der Waals surface area contributed by atoms with E-state index in [4.69, 9.17) is 0 Å². The van der Waals surface area contributed by atoms with Gasteiger partial charge in [-0.05, 0) is 49.5 Å². The van der Waals surface area contributed by atoms with Crippen LogP contribution in [0.1, 0.15) is 32.3 Å². The Hall–Kier alpha value is -1.60. The SMILES string of the molecule is CC(C)C(C(=O)NCc1cccc(NS(C)(=O)=O)c1)N1CCCC1. The Bertz CT molecular complexity index is 667. The third kappa shape index (κ3) is 5.49. The summed E-state index contributed by atoms with van der Waals surface area (Å²) in [5, 5.41) is 2.99. The molecular formula is C17H27N3O3S. The normalized spacial score (nSPS) is 17.0. The van der Waals surface area contributed by atoms with E-state index >= 15 is 0 Å². The summed E-state index contributed by atoms with van der Waals surface area (Å²) >= 11 is 0. The summed E-state index contributed by atoms with van der Waals surface area (Å²) < 4.78 is 25.1. The van der Waals surface area contributed by atoms with Gasteiger partial charge in [-0.2, -0.15) is 0 Å². The second kappa shape index (κ2) is 7.98. The van der Waals surface area contributed by atoms with Gasteiger partial charge >= 0.3 is 0 Å². The zero-order valence-corrected chi connectivity index (χ0v) is 15.4. The average molecular weight is 353 g/mol. The van der Waals surface area contributed by atoms with Gasteiger partial charge in [-0.1, -0.05) is 26.0 Å². The van der Waals surface area contributed by atoms with E-state index in [-0.39, 0.29) is 17.9 Å². The van der Waals surface area contributed by atoms with Crippen molar-refractivity contribution in [2.75, 3.05) is 24.1 Å². The number of carbonyl (C=O) groups is 1. The van der Waals surface area contributed by atoms with Crippen molar-refractivity contribution in [1.82, 2.24) is 10.2 Å². The first-order valence-electron chi connectivity index (χ1n) is 8.35. The van der Waals surface area contributed by atoms with E-state index in [0.717, 1.165) is 37.8 Å². The molecule has 0 radical (unpaired) electrons. The van der Waals surface area contributed by atoms with Crippen molar-refractivity contribution >= 4 is 21.6 Å². The van der Waals surface area contributed by atoms with E-state index in [9.17, 15) is 13.2 Å². The summed E-state index contributed by atoms with van der Waals surface area (Å²) in [4.78, 5) is 14.8. The lowest BCUT2D eigenvalue weighted by atomic mass is 10.0. The molecule has 1 fully saturated rings. The molecule has 1 aromatic carbocycles. The highest BCUT2D eigenvalue weighted by Gasteiger charge is 2.30. The van der Waals surface area contributed by atoms with Gasteiger partial charge in [0.25, 0.3) is 0 Å². The van der Waals surface area contributed by atoms with Crippen LogP contribution in [0, 0.1) is 5.92 Å². The van der Waals surface area contributed by atoms with E-state index in [0.29, 0.717) is 12.2 Å². The first-order chi connectivity index (χ1) is 11.3. The molecule has 1 atom stereocenters. The predicted octanol–water partition coefficient (Wildman–Crippen LogP) is 1.79. The monoisotopic (exact) mass is 353 g/mol. The Kier molecular flexibility index (Phi) is 6.23. The molecule has 1 unspecified atom stereocenters. The minimum absolute atomic E-state index is 0.0355. The Balaban J connectivity index is 1.98. The summed E-state index contributed by atoms with van der Waals surface area (Å²) in [7, 11) is -3.30. The average Bonchev–Trinajstić information content (AvgIpc) is 2.97. The van der Waals surface area contributed by atoms with Crippen LogP contribution in [-0.2, 0) is 21.4 Å². The van der Waals surface area contributed by atoms with Gasteiger partial charge in [-0.25, -0.2) is 8.42 Å². The maximum Gasteiger partial charge on any atom is 0.237 e. The van der Waals surface area contributed by atoms with Gasteiger partial charge in [0.05, 0.1) is 12.3 Å². The van der Waals surface area contributed by atoms with E-state index in [1.807, 2.05) is 6.07 Å². The molecule has 1 saturated heterocycles. The standard InChI is InChI=1S/C17H27N3O3S/c1-13(2)16(20-9-4-5-10-20)17(21)18-12-14-7-6-8-15(11-14)19-24(3,22)23/h6-8,11,13,16,19H,4-5,9-10,12H2,1-3H3,(H,18,21). The molecule has 1 aliphatic heterocycles. The molecule has 24 heavy (non-hydrogen) atoms. The number of carbonyl (C=O) groups excluding carboxylic acids is 1. The molecule has 1 aliphatic rings. The number of hydrogen-bond donors (Lipinski definition) is 2. The fraction of sp³-hybridized carbons (Fsp3) is 0.588. The maximum absolute atomic E-state index is 12.6. The van der Waals surface area contributed by atoms with Crippen LogP contribution in [0.15, 0.2) is 24.3 Å². The molecular weight excluding hydrogens is 326 g/mol. The Morgan fingerprint density at radius 1 is 1.25 bits per heavy atom. The van der Waals surface area contributed by atoms with E-state index in [1.54, 1.807) is 18.2 Å². The van der Waals surface area contributed by atoms with Gasteiger partial charge in [0.1, 0.15) is 0 Å². The summed E-state index contributed by atoms with van der Waals surface area (Å²) in [6.45, 7) is 6.47. The molecule has 7 heteroatoms. The van der Waals surface area contributed by atoms with Gasteiger partial charge in [0, 0.05) is 12.2 Å². The molecule has 134 valence electrons. The third-order valence-electron chi connectivity index (χ3n) is 4.13. The van der Waals surface area contributed by atoms with Gasteiger partial charge in [-0.15, -0.1) is 0 Å². The fourth-order valence-corrected chi connectivity index (χ4v) is 3.72. The number of likely N-dealkylation sites (tertiary alicyclic amines) is 1. The van der Waals surface area contributed by atoms with Crippen LogP contribution in [0.5, 0.6) is 0 Å². The number of sulfonamides is 1. The lowest BCUT2D eigenvalue weighted by Crippen LogP contribution is -2.48. The first-order valence-corrected chi connectivity index (χ1v) is 10.2. The molecule has 2 N–H and O–H groups in total. The molecule has 0 aromatic heterocycles. The Morgan fingerprint density at radius 2 is 1.92 bits per heavy atom. The van der Waals surface area contributed by atoms with Crippen LogP contribution in [0.2, 0.25) is 0 Å². The number of nitrogens with zero attached hydrogens (tertiary/aromatic N) is 1. The molecule has 2 rings (SSSR count). The topological polar surface area (TPSA) is 78.5 Å². The van der Waals surface area contributed by atoms with Gasteiger partial charge in [0.15, 0.2) is 0 Å². The summed E-state index contributed by atoms with van der Waals surface area (Å²) in [6, 6.07) is 6.96. The van der Waals surface area contributed by atoms with Crippen molar-refractivity contribution in [1.29, 1.82) is 0 Å². The largest absolute Gasteiger partial charge is 0.351 e. The van der Waals surface area contributed by atoms with Crippen molar-refractivity contribution in [3.8, 4) is 0 Å². The van der Waals surface area contributed by atoms with Gasteiger partial charge < -0.3 is 5.32 Å². The zero-order chi connectivity index (χ0) is 17.7. The summed E-state index contributed by atoms with van der Waals surface area (Å²) in [6.07, 6.45) is 3.41. The van der Waals surface area contributed by atoms with Crippen LogP contribution < -0.4 is 10.0 Å². The minimum Gasteiger partial charge on any atom is -0.351 e. The third-order valence-corrected chi connectivity index (χ3v) is 4.74. The number of anilines is 1. The highest BCUT2D eigenvalue weighted by Crippen LogP contribution is 2.18. The van der Waals surface area contributed by atoms with E-state index in [1.165, 1.54) is 0 Å².